The molecule has 1 aliphatic heterocycles. The summed E-state index contributed by atoms with van der Waals surface area (Å²) in [7, 11) is 0. The zero-order valence-electron chi connectivity index (χ0n) is 5.89. The number of carbonyl (C=O) groups is 1. The first-order chi connectivity index (χ1) is 4.86. The Bertz CT molecular complexity index is 154. The molecule has 10 heavy (non-hydrogen) atoms. The SMILES string of the molecule is O=C1NCCC1NC1CC1. The van der Waals surface area contributed by atoms with E-state index in [0.717, 1.165) is 13.0 Å². The Morgan fingerprint density at radius 2 is 2.20 bits per heavy atom. The van der Waals surface area contributed by atoms with Crippen molar-refractivity contribution in [1.82, 2.24) is 10.6 Å². The second-order valence-corrected chi connectivity index (χ2v) is 3.07. The van der Waals surface area contributed by atoms with Crippen LogP contribution in [0.15, 0.2) is 0 Å². The molecule has 0 spiro atoms. The zero-order valence-corrected chi connectivity index (χ0v) is 5.89. The molecule has 56 valence electrons. The largest absolute Gasteiger partial charge is 0.355 e. The van der Waals surface area contributed by atoms with Gasteiger partial charge in [-0.05, 0) is 19.3 Å². The van der Waals surface area contributed by atoms with E-state index in [1.807, 2.05) is 0 Å². The molecule has 2 rings (SSSR count). The normalized spacial score (nSPS) is 32.4. The van der Waals surface area contributed by atoms with Gasteiger partial charge in [0.2, 0.25) is 5.91 Å². The molecule has 1 aliphatic carbocycles. The minimum Gasteiger partial charge on any atom is -0.355 e. The van der Waals surface area contributed by atoms with Crippen molar-refractivity contribution in [3.8, 4) is 0 Å². The Morgan fingerprint density at radius 3 is 2.70 bits per heavy atom. The van der Waals surface area contributed by atoms with E-state index >= 15 is 0 Å². The van der Waals surface area contributed by atoms with Gasteiger partial charge in [0.05, 0.1) is 6.04 Å². The highest BCUT2D eigenvalue weighted by molar-refractivity contribution is 5.83. The van der Waals surface area contributed by atoms with Crippen molar-refractivity contribution in [2.75, 3.05) is 6.54 Å². The Hall–Kier alpha value is -0.570. The molecule has 1 amide bonds. The molecule has 2 fully saturated rings. The summed E-state index contributed by atoms with van der Waals surface area (Å²) in [6, 6.07) is 0.765. The number of carbonyl (C=O) groups excluding carboxylic acids is 1. The average molecular weight is 140 g/mol. The molecular weight excluding hydrogens is 128 g/mol. The first-order valence-electron chi connectivity index (χ1n) is 3.90. The van der Waals surface area contributed by atoms with Crippen molar-refractivity contribution in [3.05, 3.63) is 0 Å². The van der Waals surface area contributed by atoms with Crippen LogP contribution < -0.4 is 10.6 Å². The van der Waals surface area contributed by atoms with E-state index in [0.29, 0.717) is 6.04 Å². The van der Waals surface area contributed by atoms with Crippen LogP contribution in [0.1, 0.15) is 19.3 Å². The molecule has 0 aromatic carbocycles. The van der Waals surface area contributed by atoms with Crippen molar-refractivity contribution in [2.24, 2.45) is 0 Å². The molecule has 0 radical (unpaired) electrons. The van der Waals surface area contributed by atoms with E-state index in [-0.39, 0.29) is 11.9 Å². The van der Waals surface area contributed by atoms with Gasteiger partial charge in [-0.15, -0.1) is 0 Å². The molecule has 2 aliphatic rings. The summed E-state index contributed by atoms with van der Waals surface area (Å²) in [5.41, 5.74) is 0. The van der Waals surface area contributed by atoms with Crippen molar-refractivity contribution >= 4 is 5.91 Å². The quantitative estimate of drug-likeness (QED) is 0.549. The molecule has 0 aromatic heterocycles. The van der Waals surface area contributed by atoms with E-state index < -0.39 is 0 Å². The van der Waals surface area contributed by atoms with E-state index in [2.05, 4.69) is 10.6 Å². The van der Waals surface area contributed by atoms with Crippen molar-refractivity contribution < 1.29 is 4.79 Å². The fourth-order valence-corrected chi connectivity index (χ4v) is 1.29. The van der Waals surface area contributed by atoms with E-state index in [9.17, 15) is 4.79 Å². The first kappa shape index (κ1) is 6.16. The van der Waals surface area contributed by atoms with Gasteiger partial charge in [0, 0.05) is 12.6 Å². The molecule has 1 heterocycles. The molecule has 3 heteroatoms. The Kier molecular flexibility index (Phi) is 1.38. The van der Waals surface area contributed by atoms with Crippen LogP contribution in [0.2, 0.25) is 0 Å². The summed E-state index contributed by atoms with van der Waals surface area (Å²) in [6.07, 6.45) is 3.48. The molecule has 3 nitrogen and oxygen atoms in total. The van der Waals surface area contributed by atoms with E-state index in [4.69, 9.17) is 0 Å². The van der Waals surface area contributed by atoms with E-state index in [1.54, 1.807) is 0 Å². The third-order valence-electron chi connectivity index (χ3n) is 2.06. The van der Waals surface area contributed by atoms with Gasteiger partial charge in [-0.2, -0.15) is 0 Å². The molecule has 1 unspecified atom stereocenters. The zero-order chi connectivity index (χ0) is 6.97. The second-order valence-electron chi connectivity index (χ2n) is 3.07. The number of hydrogen-bond donors (Lipinski definition) is 2. The lowest BCUT2D eigenvalue weighted by molar-refractivity contribution is -0.120. The van der Waals surface area contributed by atoms with Crippen molar-refractivity contribution in [2.45, 2.75) is 31.3 Å². The molecular formula is C7H12N2O. The summed E-state index contributed by atoms with van der Waals surface area (Å²) in [5, 5.41) is 6.09. The van der Waals surface area contributed by atoms with Crippen LogP contribution in [-0.4, -0.2) is 24.5 Å². The average Bonchev–Trinajstić information content (AvgIpc) is 2.62. The van der Waals surface area contributed by atoms with Crippen LogP contribution >= 0.6 is 0 Å². The Morgan fingerprint density at radius 1 is 1.40 bits per heavy atom. The van der Waals surface area contributed by atoms with Crippen LogP contribution in [0.5, 0.6) is 0 Å². The van der Waals surface area contributed by atoms with E-state index in [1.165, 1.54) is 12.8 Å². The van der Waals surface area contributed by atoms with Gasteiger partial charge in [0.15, 0.2) is 0 Å². The standard InChI is InChI=1S/C7H12N2O/c10-7-6(3-4-8-7)9-5-1-2-5/h5-6,9H,1-4H2,(H,8,10). The number of rotatable bonds is 2. The Balaban J connectivity index is 1.84. The van der Waals surface area contributed by atoms with Gasteiger partial charge >= 0.3 is 0 Å². The van der Waals surface area contributed by atoms with Gasteiger partial charge in [-0.1, -0.05) is 0 Å². The maximum Gasteiger partial charge on any atom is 0.237 e. The molecule has 0 aromatic rings. The highest BCUT2D eigenvalue weighted by atomic mass is 16.2. The minimum absolute atomic E-state index is 0.118. The third kappa shape index (κ3) is 1.14. The van der Waals surface area contributed by atoms with Gasteiger partial charge in [-0.25, -0.2) is 0 Å². The number of amides is 1. The lowest BCUT2D eigenvalue weighted by Crippen LogP contribution is -2.37. The fraction of sp³-hybridized carbons (Fsp3) is 0.857. The van der Waals surface area contributed by atoms with Crippen LogP contribution in [0.25, 0.3) is 0 Å². The van der Waals surface area contributed by atoms with Crippen molar-refractivity contribution in [3.63, 3.8) is 0 Å². The van der Waals surface area contributed by atoms with Gasteiger partial charge in [0.1, 0.15) is 0 Å². The van der Waals surface area contributed by atoms with Crippen LogP contribution in [0.3, 0.4) is 0 Å². The van der Waals surface area contributed by atoms with Crippen LogP contribution in [0.4, 0.5) is 0 Å². The summed E-state index contributed by atoms with van der Waals surface area (Å²) >= 11 is 0. The van der Waals surface area contributed by atoms with Crippen LogP contribution in [-0.2, 0) is 4.79 Å². The predicted molar refractivity (Wildman–Crippen MR) is 37.6 cm³/mol. The van der Waals surface area contributed by atoms with Gasteiger partial charge in [-0.3, -0.25) is 4.79 Å². The lowest BCUT2D eigenvalue weighted by Gasteiger charge is -2.06. The highest BCUT2D eigenvalue weighted by Gasteiger charge is 2.30. The van der Waals surface area contributed by atoms with Gasteiger partial charge < -0.3 is 10.6 Å². The monoisotopic (exact) mass is 140 g/mol. The molecule has 1 atom stereocenters. The number of hydrogen-bond acceptors (Lipinski definition) is 2. The van der Waals surface area contributed by atoms with Crippen molar-refractivity contribution in [1.29, 1.82) is 0 Å². The Labute approximate surface area is 60.2 Å². The second kappa shape index (κ2) is 2.23. The number of nitrogens with one attached hydrogen (secondary N) is 2. The summed E-state index contributed by atoms with van der Waals surface area (Å²) in [6.45, 7) is 0.850. The molecule has 0 bridgehead atoms. The fourth-order valence-electron chi connectivity index (χ4n) is 1.29. The molecule has 1 saturated carbocycles. The molecule has 1 saturated heterocycles. The van der Waals surface area contributed by atoms with Gasteiger partial charge in [0.25, 0.3) is 0 Å². The predicted octanol–water partition coefficient (Wildman–Crippen LogP) is -0.373. The maximum absolute atomic E-state index is 11.0. The first-order valence-corrected chi connectivity index (χ1v) is 3.90. The van der Waals surface area contributed by atoms with Crippen LogP contribution in [0, 0.1) is 0 Å². The summed E-state index contributed by atoms with van der Waals surface area (Å²) < 4.78 is 0. The lowest BCUT2D eigenvalue weighted by atomic mass is 10.2. The molecule has 2 N–H and O–H groups in total. The topological polar surface area (TPSA) is 41.1 Å². The highest BCUT2D eigenvalue weighted by Crippen LogP contribution is 2.20. The third-order valence-corrected chi connectivity index (χ3v) is 2.06. The smallest absolute Gasteiger partial charge is 0.237 e. The minimum atomic E-state index is 0.118. The summed E-state index contributed by atoms with van der Waals surface area (Å²) in [4.78, 5) is 11.0. The maximum atomic E-state index is 11.0. The summed E-state index contributed by atoms with van der Waals surface area (Å²) in [5.74, 6) is 0.187.